The van der Waals surface area contributed by atoms with Crippen LogP contribution in [0.15, 0.2) is 109 Å². The van der Waals surface area contributed by atoms with Gasteiger partial charge in [0.1, 0.15) is 12.7 Å². The van der Waals surface area contributed by atoms with E-state index in [4.69, 9.17) is 23.3 Å². The lowest BCUT2D eigenvalue weighted by atomic mass is 10.0. The highest BCUT2D eigenvalue weighted by Crippen LogP contribution is 2.43. The molecule has 0 aromatic rings. The number of unbranched alkanes of at least 4 members (excludes halogenated alkanes) is 21. The molecular weight excluding hydrogens is 1000 g/mol. The molecule has 0 aliphatic heterocycles. The van der Waals surface area contributed by atoms with Gasteiger partial charge in [0.05, 0.1) is 19.8 Å². The summed E-state index contributed by atoms with van der Waals surface area (Å²) in [6.07, 6.45) is 71.9. The van der Waals surface area contributed by atoms with Crippen molar-refractivity contribution >= 4 is 25.7 Å². The first-order valence-corrected chi connectivity index (χ1v) is 32.3. The molecule has 446 valence electrons. The topological polar surface area (TPSA) is 155 Å². The summed E-state index contributed by atoms with van der Waals surface area (Å²) < 4.78 is 39.5. The molecule has 0 bridgehead atoms. The largest absolute Gasteiger partial charge is 0.472 e. The zero-order chi connectivity index (χ0) is 56.9. The minimum Gasteiger partial charge on any atom is -0.462 e. The van der Waals surface area contributed by atoms with Gasteiger partial charge in [-0.25, -0.2) is 4.57 Å². The summed E-state index contributed by atoms with van der Waals surface area (Å²) in [6.45, 7) is 4.42. The molecule has 0 spiro atoms. The van der Waals surface area contributed by atoms with Gasteiger partial charge in [0.2, 0.25) is 0 Å². The third-order valence-electron chi connectivity index (χ3n) is 12.7. The lowest BCUT2D eigenvalue weighted by Crippen LogP contribution is -2.30. The van der Waals surface area contributed by atoms with Crippen LogP contribution in [0.1, 0.15) is 252 Å². The molecule has 0 aromatic carbocycles. The molecule has 12 heteroatoms. The summed E-state index contributed by atoms with van der Waals surface area (Å²) in [6, 6.07) is 0. The number of phosphoric acid groups is 1. The maximum Gasteiger partial charge on any atom is 0.472 e. The van der Waals surface area contributed by atoms with E-state index in [0.29, 0.717) is 19.3 Å². The molecule has 0 amide bonds. The van der Waals surface area contributed by atoms with E-state index in [2.05, 4.69) is 118 Å². The second-order valence-corrected chi connectivity index (χ2v) is 21.6. The van der Waals surface area contributed by atoms with E-state index in [1.165, 1.54) is 83.5 Å². The van der Waals surface area contributed by atoms with Crippen LogP contribution in [0.2, 0.25) is 0 Å². The van der Waals surface area contributed by atoms with Crippen LogP contribution in [-0.4, -0.2) is 66.5 Å². The van der Waals surface area contributed by atoms with Gasteiger partial charge in [-0.3, -0.25) is 23.4 Å². The summed E-state index contributed by atoms with van der Waals surface area (Å²) in [5, 5.41) is 9.83. The smallest absolute Gasteiger partial charge is 0.462 e. The Morgan fingerprint density at radius 1 is 0.372 bits per heavy atom. The number of esters is 3. The average molecular weight is 1110 g/mol. The van der Waals surface area contributed by atoms with E-state index in [1.54, 1.807) is 0 Å². The molecule has 0 heterocycles. The Labute approximate surface area is 475 Å². The first kappa shape index (κ1) is 74.1. The molecule has 3 atom stereocenters. The van der Waals surface area contributed by atoms with Gasteiger partial charge in [-0.2, -0.15) is 0 Å². The normalized spacial score (nSPS) is 14.1. The number of rotatable bonds is 56. The molecule has 0 aliphatic carbocycles. The molecule has 0 rings (SSSR count). The maximum absolute atomic E-state index is 12.9. The number of aliphatic hydroxyl groups is 1. The standard InChI is InChI=1S/C66H111O11P/c1-4-7-10-13-16-19-22-25-27-29-31-33-35-38-40-43-46-49-52-55-64(68)73-59-63(77-66(70)57-54-51-48-45-42-39-36-34-32-30-28-26-23-20-17-14-11-8-5-2)61-75-78(71,72)74-60-62(58-67)76-65(69)56-53-50-47-44-41-37-24-21-18-15-12-9-6-3/h7,10,16-17,19-20,25-28,31-34,38,40,46,49,62-63,67H,4-6,8-9,11-15,18,21-24,29-30,35-37,39,41-45,47-48,50-61H2,1-3H3,(H,71,72)/b10-7-,19-16-,20-17-,27-25-,28-26-,33-31-,34-32-,40-38-,49-46-. The number of ether oxygens (including phenoxy) is 3. The lowest BCUT2D eigenvalue weighted by molar-refractivity contribution is -0.161. The summed E-state index contributed by atoms with van der Waals surface area (Å²) >= 11 is 0. The number of phosphoric ester groups is 1. The monoisotopic (exact) mass is 1110 g/mol. The van der Waals surface area contributed by atoms with Gasteiger partial charge in [-0.1, -0.05) is 246 Å². The van der Waals surface area contributed by atoms with E-state index in [-0.39, 0.29) is 25.9 Å². The van der Waals surface area contributed by atoms with Crippen molar-refractivity contribution < 1.29 is 52.2 Å². The molecule has 2 N–H and O–H groups in total. The van der Waals surface area contributed by atoms with Crippen molar-refractivity contribution in [3.8, 4) is 0 Å². The number of aliphatic hydroxyl groups excluding tert-OH is 1. The Bertz CT molecular complexity index is 1720. The summed E-state index contributed by atoms with van der Waals surface area (Å²) in [7, 11) is -4.77. The highest BCUT2D eigenvalue weighted by atomic mass is 31.2. The zero-order valence-electron chi connectivity index (χ0n) is 49.3. The highest BCUT2D eigenvalue weighted by Gasteiger charge is 2.28. The molecule has 0 saturated carbocycles. The van der Waals surface area contributed by atoms with Crippen molar-refractivity contribution in [1.29, 1.82) is 0 Å². The van der Waals surface area contributed by atoms with Crippen LogP contribution in [0.3, 0.4) is 0 Å². The quantitative estimate of drug-likeness (QED) is 0.0197. The van der Waals surface area contributed by atoms with Crippen molar-refractivity contribution in [2.75, 3.05) is 26.4 Å². The molecule has 0 aromatic heterocycles. The second-order valence-electron chi connectivity index (χ2n) is 20.1. The van der Waals surface area contributed by atoms with Gasteiger partial charge in [0.25, 0.3) is 0 Å². The van der Waals surface area contributed by atoms with Gasteiger partial charge in [0, 0.05) is 19.3 Å². The number of carbonyl (C=O) groups excluding carboxylic acids is 3. The Morgan fingerprint density at radius 2 is 0.692 bits per heavy atom. The third kappa shape index (κ3) is 56.8. The lowest BCUT2D eigenvalue weighted by Gasteiger charge is -2.21. The van der Waals surface area contributed by atoms with E-state index in [1.807, 2.05) is 12.2 Å². The van der Waals surface area contributed by atoms with Crippen LogP contribution >= 0.6 is 7.82 Å². The van der Waals surface area contributed by atoms with Gasteiger partial charge in [-0.05, 0) is 96.3 Å². The predicted molar refractivity (Wildman–Crippen MR) is 325 cm³/mol. The third-order valence-corrected chi connectivity index (χ3v) is 13.6. The molecule has 78 heavy (non-hydrogen) atoms. The fourth-order valence-electron chi connectivity index (χ4n) is 8.04. The van der Waals surface area contributed by atoms with Crippen molar-refractivity contribution in [1.82, 2.24) is 0 Å². The van der Waals surface area contributed by atoms with Gasteiger partial charge in [-0.15, -0.1) is 0 Å². The van der Waals surface area contributed by atoms with Crippen LogP contribution in [-0.2, 0) is 42.2 Å². The summed E-state index contributed by atoms with van der Waals surface area (Å²) in [4.78, 5) is 48.6. The predicted octanol–water partition coefficient (Wildman–Crippen LogP) is 18.6. The van der Waals surface area contributed by atoms with Crippen molar-refractivity contribution in [2.24, 2.45) is 0 Å². The van der Waals surface area contributed by atoms with Crippen LogP contribution in [0.5, 0.6) is 0 Å². The van der Waals surface area contributed by atoms with Gasteiger partial charge >= 0.3 is 25.7 Å². The van der Waals surface area contributed by atoms with Crippen molar-refractivity contribution in [3.63, 3.8) is 0 Å². The molecule has 0 saturated heterocycles. The first-order valence-electron chi connectivity index (χ1n) is 30.8. The Morgan fingerprint density at radius 3 is 1.10 bits per heavy atom. The van der Waals surface area contributed by atoms with Crippen LogP contribution in [0.4, 0.5) is 0 Å². The van der Waals surface area contributed by atoms with E-state index >= 15 is 0 Å². The summed E-state index contributed by atoms with van der Waals surface area (Å²) in [5.74, 6) is -1.58. The first-order chi connectivity index (χ1) is 38.2. The van der Waals surface area contributed by atoms with Gasteiger partial charge in [0.15, 0.2) is 6.10 Å². The number of hydrogen-bond donors (Lipinski definition) is 2. The van der Waals surface area contributed by atoms with E-state index in [9.17, 15) is 28.9 Å². The molecule has 3 unspecified atom stereocenters. The fraction of sp³-hybridized carbons (Fsp3) is 0.682. The van der Waals surface area contributed by atoms with E-state index < -0.39 is 57.8 Å². The molecule has 0 fully saturated rings. The van der Waals surface area contributed by atoms with E-state index in [0.717, 1.165) is 109 Å². The fourth-order valence-corrected chi connectivity index (χ4v) is 8.82. The molecule has 0 radical (unpaired) electrons. The summed E-state index contributed by atoms with van der Waals surface area (Å²) in [5.41, 5.74) is 0. The Hall–Kier alpha value is -3.86. The SMILES string of the molecule is CC/C=C\C/C=C\C/C=C\C/C=C\C/C=C\C/C=C\CCC(=O)OCC(COP(=O)(O)OCC(CO)OC(=O)CCCCCCCCCCCCCCC)OC(=O)CCCCCCCC/C=C\C/C=C\C/C=C\CCCCC. The van der Waals surface area contributed by atoms with Crippen LogP contribution < -0.4 is 0 Å². The number of allylic oxidation sites excluding steroid dienone is 18. The number of carbonyl (C=O) groups is 3. The minimum atomic E-state index is -4.77. The maximum atomic E-state index is 12.9. The van der Waals surface area contributed by atoms with Crippen molar-refractivity contribution in [2.45, 2.75) is 264 Å². The van der Waals surface area contributed by atoms with Gasteiger partial charge < -0.3 is 24.2 Å². The Balaban J connectivity index is 4.85. The molecule has 0 aliphatic rings. The zero-order valence-corrected chi connectivity index (χ0v) is 50.2. The van der Waals surface area contributed by atoms with Crippen LogP contribution in [0.25, 0.3) is 0 Å². The second kappa shape index (κ2) is 59.3. The highest BCUT2D eigenvalue weighted by molar-refractivity contribution is 7.47. The van der Waals surface area contributed by atoms with Crippen molar-refractivity contribution in [3.05, 3.63) is 109 Å². The Kier molecular flexibility index (Phi) is 56.3. The average Bonchev–Trinajstić information content (AvgIpc) is 3.43. The number of hydrogen-bond acceptors (Lipinski definition) is 10. The minimum absolute atomic E-state index is 0.0942. The molecule has 11 nitrogen and oxygen atoms in total. The molecular formula is C66H111O11P. The van der Waals surface area contributed by atoms with Crippen LogP contribution in [0, 0.1) is 0 Å².